The summed E-state index contributed by atoms with van der Waals surface area (Å²) in [5, 5.41) is 5.02. The molecule has 0 saturated carbocycles. The molecule has 2 aromatic carbocycles. The van der Waals surface area contributed by atoms with Gasteiger partial charge in [-0.2, -0.15) is 0 Å². The number of aromatic nitrogens is 1. The highest BCUT2D eigenvalue weighted by molar-refractivity contribution is 7.07. The van der Waals surface area contributed by atoms with Crippen LogP contribution >= 0.6 is 11.3 Å². The summed E-state index contributed by atoms with van der Waals surface area (Å²) in [4.78, 5) is 17.5. The Bertz CT molecular complexity index is 1090. The average molecular weight is 394 g/mol. The summed E-state index contributed by atoms with van der Waals surface area (Å²) in [6.45, 7) is 7.29. The normalized spacial score (nSPS) is 13.8. The number of amides is 1. The van der Waals surface area contributed by atoms with Crippen molar-refractivity contribution in [3.8, 4) is 17.0 Å². The summed E-state index contributed by atoms with van der Waals surface area (Å²) in [6.07, 6.45) is 1.01. The van der Waals surface area contributed by atoms with E-state index in [1.807, 2.05) is 18.2 Å². The molecule has 5 nitrogen and oxygen atoms in total. The molecule has 0 spiro atoms. The topological polar surface area (TPSA) is 55.6 Å². The first-order valence-corrected chi connectivity index (χ1v) is 10.3. The van der Waals surface area contributed by atoms with Gasteiger partial charge in [-0.15, -0.1) is 11.3 Å². The van der Waals surface area contributed by atoms with Crippen molar-refractivity contribution in [1.29, 1.82) is 0 Å². The molecule has 1 amide bonds. The highest BCUT2D eigenvalue weighted by Crippen LogP contribution is 2.33. The van der Waals surface area contributed by atoms with Crippen molar-refractivity contribution >= 4 is 28.6 Å². The smallest absolute Gasteiger partial charge is 0.262 e. The van der Waals surface area contributed by atoms with Crippen LogP contribution in [0.5, 0.6) is 5.75 Å². The first kappa shape index (κ1) is 18.5. The molecule has 0 unspecified atom stereocenters. The Balaban J connectivity index is 1.80. The van der Waals surface area contributed by atoms with Gasteiger partial charge in [0.25, 0.3) is 5.91 Å². The van der Waals surface area contributed by atoms with Crippen molar-refractivity contribution in [1.82, 2.24) is 4.57 Å². The highest BCUT2D eigenvalue weighted by Gasteiger charge is 2.17. The number of hydrogen-bond acceptors (Lipinski definition) is 4. The molecule has 0 bridgehead atoms. The fraction of sp³-hybridized carbons (Fsp3) is 0.273. The molecule has 6 heteroatoms. The minimum absolute atomic E-state index is 0.0690. The second-order valence-corrected chi connectivity index (χ2v) is 7.90. The average Bonchev–Trinajstić information content (AvgIpc) is 3.03. The predicted molar refractivity (Wildman–Crippen MR) is 113 cm³/mol. The van der Waals surface area contributed by atoms with Crippen molar-refractivity contribution < 1.29 is 9.53 Å². The largest absolute Gasteiger partial charge is 0.482 e. The van der Waals surface area contributed by atoms with E-state index in [9.17, 15) is 4.79 Å². The van der Waals surface area contributed by atoms with Crippen molar-refractivity contribution in [2.75, 3.05) is 11.9 Å². The van der Waals surface area contributed by atoms with Gasteiger partial charge >= 0.3 is 0 Å². The molecule has 0 saturated heterocycles. The molecule has 0 atom stereocenters. The van der Waals surface area contributed by atoms with Crippen LogP contribution in [0.1, 0.15) is 24.5 Å². The lowest BCUT2D eigenvalue weighted by Gasteiger charge is -2.18. The lowest BCUT2D eigenvalue weighted by Crippen LogP contribution is -2.25. The Kier molecular flexibility index (Phi) is 5.05. The van der Waals surface area contributed by atoms with Gasteiger partial charge in [0, 0.05) is 17.5 Å². The standard InChI is InChI=1S/C22H23N3O2S/c1-4-7-25-19(16-5-6-20-18(11-16)24-21(26)12-27-20)13-28-22(25)23-17-9-14(2)8-15(3)10-17/h5-6,8-11,13H,4,7,12H2,1-3H3,(H,24,26). The number of hydrogen-bond donors (Lipinski definition) is 1. The molecule has 1 aliphatic rings. The molecule has 1 N–H and O–H groups in total. The number of benzene rings is 2. The summed E-state index contributed by atoms with van der Waals surface area (Å²) in [7, 11) is 0. The van der Waals surface area contributed by atoms with Gasteiger partial charge in [0.15, 0.2) is 11.4 Å². The zero-order valence-electron chi connectivity index (χ0n) is 16.3. The lowest BCUT2D eigenvalue weighted by molar-refractivity contribution is -0.118. The summed E-state index contributed by atoms with van der Waals surface area (Å²) in [5.41, 5.74) is 6.25. The van der Waals surface area contributed by atoms with Crippen LogP contribution in [-0.4, -0.2) is 17.1 Å². The van der Waals surface area contributed by atoms with E-state index >= 15 is 0 Å². The van der Waals surface area contributed by atoms with Gasteiger partial charge in [-0.05, 0) is 61.7 Å². The summed E-state index contributed by atoms with van der Waals surface area (Å²) < 4.78 is 7.72. The van der Waals surface area contributed by atoms with E-state index in [0.29, 0.717) is 5.75 Å². The quantitative estimate of drug-likeness (QED) is 0.692. The molecular formula is C22H23N3O2S. The van der Waals surface area contributed by atoms with E-state index in [1.165, 1.54) is 11.1 Å². The number of ether oxygens (including phenoxy) is 1. The number of carbonyl (C=O) groups is 1. The fourth-order valence-electron chi connectivity index (χ4n) is 3.46. The van der Waals surface area contributed by atoms with E-state index in [1.54, 1.807) is 11.3 Å². The van der Waals surface area contributed by atoms with E-state index < -0.39 is 0 Å². The molecule has 28 heavy (non-hydrogen) atoms. The third kappa shape index (κ3) is 3.73. The number of nitrogens with one attached hydrogen (secondary N) is 1. The highest BCUT2D eigenvalue weighted by atomic mass is 32.1. The van der Waals surface area contributed by atoms with Crippen molar-refractivity contribution in [3.63, 3.8) is 0 Å². The van der Waals surface area contributed by atoms with Crippen LogP contribution in [-0.2, 0) is 11.3 Å². The Labute approximate surface area is 168 Å². The third-order valence-corrected chi connectivity index (χ3v) is 5.45. The minimum Gasteiger partial charge on any atom is -0.482 e. The maximum Gasteiger partial charge on any atom is 0.262 e. The minimum atomic E-state index is -0.123. The van der Waals surface area contributed by atoms with E-state index in [0.717, 1.165) is 40.4 Å². The van der Waals surface area contributed by atoms with E-state index in [2.05, 4.69) is 54.2 Å². The van der Waals surface area contributed by atoms with Gasteiger partial charge in [-0.3, -0.25) is 4.79 Å². The van der Waals surface area contributed by atoms with Crippen LogP contribution in [0.2, 0.25) is 0 Å². The third-order valence-electron chi connectivity index (χ3n) is 4.58. The maximum absolute atomic E-state index is 11.7. The Hall–Kier alpha value is -2.86. The molecule has 1 aliphatic heterocycles. The first-order chi connectivity index (χ1) is 13.5. The van der Waals surface area contributed by atoms with Gasteiger partial charge in [0.05, 0.1) is 17.1 Å². The summed E-state index contributed by atoms with van der Waals surface area (Å²) in [5.74, 6) is 0.586. The molecule has 144 valence electrons. The molecule has 1 aromatic heterocycles. The number of aryl methyl sites for hydroxylation is 2. The number of thiazole rings is 1. The second kappa shape index (κ2) is 7.64. The predicted octanol–water partition coefficient (Wildman–Crippen LogP) is 4.81. The van der Waals surface area contributed by atoms with Crippen LogP contribution in [0.15, 0.2) is 46.8 Å². The zero-order chi connectivity index (χ0) is 19.7. The lowest BCUT2D eigenvalue weighted by atomic mass is 10.1. The van der Waals surface area contributed by atoms with Crippen LogP contribution in [0, 0.1) is 13.8 Å². The second-order valence-electron chi connectivity index (χ2n) is 7.06. The fourth-order valence-corrected chi connectivity index (χ4v) is 4.41. The number of nitrogens with zero attached hydrogens (tertiary/aromatic N) is 2. The van der Waals surface area contributed by atoms with Crippen molar-refractivity contribution in [2.24, 2.45) is 4.99 Å². The molecule has 0 aliphatic carbocycles. The Morgan fingerprint density at radius 2 is 1.96 bits per heavy atom. The number of fused-ring (bicyclic) bond motifs is 1. The van der Waals surface area contributed by atoms with E-state index in [-0.39, 0.29) is 12.5 Å². The van der Waals surface area contributed by atoms with Crippen molar-refractivity contribution in [3.05, 3.63) is 57.7 Å². The van der Waals surface area contributed by atoms with Gasteiger partial charge in [0.2, 0.25) is 0 Å². The number of carbonyl (C=O) groups excluding carboxylic acids is 1. The Morgan fingerprint density at radius 1 is 1.18 bits per heavy atom. The molecule has 0 radical (unpaired) electrons. The van der Waals surface area contributed by atoms with Gasteiger partial charge < -0.3 is 14.6 Å². The van der Waals surface area contributed by atoms with Crippen LogP contribution in [0.3, 0.4) is 0 Å². The molecule has 4 rings (SSSR count). The SMILES string of the molecule is CCCn1c(-c2ccc3c(c2)NC(=O)CO3)csc1=Nc1cc(C)cc(C)c1. The first-order valence-electron chi connectivity index (χ1n) is 9.42. The monoisotopic (exact) mass is 393 g/mol. The van der Waals surface area contributed by atoms with Crippen LogP contribution in [0.25, 0.3) is 11.3 Å². The molecule has 3 aromatic rings. The van der Waals surface area contributed by atoms with Gasteiger partial charge in [-0.25, -0.2) is 4.99 Å². The summed E-state index contributed by atoms with van der Waals surface area (Å²) >= 11 is 1.63. The zero-order valence-corrected chi connectivity index (χ0v) is 17.1. The van der Waals surface area contributed by atoms with Gasteiger partial charge in [-0.1, -0.05) is 13.0 Å². The van der Waals surface area contributed by atoms with Crippen LogP contribution in [0.4, 0.5) is 11.4 Å². The Morgan fingerprint density at radius 3 is 2.71 bits per heavy atom. The number of anilines is 1. The molecular weight excluding hydrogens is 370 g/mol. The molecule has 2 heterocycles. The summed E-state index contributed by atoms with van der Waals surface area (Å²) in [6, 6.07) is 12.3. The van der Waals surface area contributed by atoms with Crippen LogP contribution < -0.4 is 14.9 Å². The molecule has 0 fully saturated rings. The maximum atomic E-state index is 11.7. The van der Waals surface area contributed by atoms with E-state index in [4.69, 9.17) is 9.73 Å². The van der Waals surface area contributed by atoms with Gasteiger partial charge in [0.1, 0.15) is 5.75 Å². The number of rotatable bonds is 4. The van der Waals surface area contributed by atoms with Crippen molar-refractivity contribution in [2.45, 2.75) is 33.7 Å².